The van der Waals surface area contributed by atoms with Crippen molar-refractivity contribution in [3.63, 3.8) is 0 Å². The Morgan fingerprint density at radius 1 is 1.29 bits per heavy atom. The third-order valence-corrected chi connectivity index (χ3v) is 5.82. The number of carbonyl (C=O) groups is 1. The molecule has 2 heterocycles. The van der Waals surface area contributed by atoms with Crippen molar-refractivity contribution in [3.8, 4) is 22.8 Å². The molecule has 174 valence electrons. The first kappa shape index (κ1) is 21.7. The van der Waals surface area contributed by atoms with E-state index in [1.54, 1.807) is 37.6 Å². The highest BCUT2D eigenvalue weighted by atomic mass is 19.1. The van der Waals surface area contributed by atoms with Gasteiger partial charge < -0.3 is 14.6 Å². The number of nitrogens with one attached hydrogen (secondary N) is 1. The standard InChI is InChI=1S/C24H24FN7O2/c1-4-34-22-16(23-28-29-30-31(23)3)6-5-7-19(22)27-24(33)17-11-21(14(2)10-18(17)25)32-12-20(26-13-32)15-8-9-15/h5-7,10-13,15H,4,8-9H2,1-3H3,(H,27,33). The second-order valence-corrected chi connectivity index (χ2v) is 8.29. The molecule has 1 aliphatic rings. The van der Waals surface area contributed by atoms with Crippen LogP contribution in [0.15, 0.2) is 42.9 Å². The molecule has 0 radical (unpaired) electrons. The minimum absolute atomic E-state index is 0.0737. The smallest absolute Gasteiger partial charge is 0.258 e. The van der Waals surface area contributed by atoms with Crippen LogP contribution >= 0.6 is 0 Å². The summed E-state index contributed by atoms with van der Waals surface area (Å²) in [6, 6.07) is 8.17. The molecule has 1 saturated carbocycles. The number of nitrogens with zero attached hydrogens (tertiary/aromatic N) is 6. The van der Waals surface area contributed by atoms with Crippen LogP contribution in [0, 0.1) is 12.7 Å². The van der Waals surface area contributed by atoms with Gasteiger partial charge >= 0.3 is 0 Å². The van der Waals surface area contributed by atoms with Gasteiger partial charge in [-0.25, -0.2) is 14.1 Å². The van der Waals surface area contributed by atoms with E-state index in [9.17, 15) is 9.18 Å². The van der Waals surface area contributed by atoms with Gasteiger partial charge in [-0.3, -0.25) is 4.79 Å². The Labute approximate surface area is 195 Å². The van der Waals surface area contributed by atoms with Gasteiger partial charge in [0.25, 0.3) is 5.91 Å². The Kier molecular flexibility index (Phi) is 5.56. The second-order valence-electron chi connectivity index (χ2n) is 8.29. The molecule has 0 unspecified atom stereocenters. The van der Waals surface area contributed by atoms with E-state index in [2.05, 4.69) is 25.8 Å². The first-order chi connectivity index (χ1) is 16.5. The molecule has 1 N–H and O–H groups in total. The zero-order chi connectivity index (χ0) is 23.8. The average molecular weight is 462 g/mol. The molecule has 10 heteroatoms. The number of rotatable bonds is 7. The number of aryl methyl sites for hydroxylation is 2. The lowest BCUT2D eigenvalue weighted by Crippen LogP contribution is -2.16. The summed E-state index contributed by atoms with van der Waals surface area (Å²) >= 11 is 0. The molecule has 5 rings (SSSR count). The molecular weight excluding hydrogens is 437 g/mol. The van der Waals surface area contributed by atoms with E-state index in [1.807, 2.05) is 24.6 Å². The molecule has 2 aromatic carbocycles. The summed E-state index contributed by atoms with van der Waals surface area (Å²) in [5, 5.41) is 14.4. The number of hydrogen-bond acceptors (Lipinski definition) is 6. The topological polar surface area (TPSA) is 99.8 Å². The van der Waals surface area contributed by atoms with E-state index >= 15 is 0 Å². The van der Waals surface area contributed by atoms with Crippen LogP contribution in [0.25, 0.3) is 17.1 Å². The van der Waals surface area contributed by atoms with Crippen molar-refractivity contribution in [1.82, 2.24) is 29.8 Å². The minimum Gasteiger partial charge on any atom is -0.491 e. The van der Waals surface area contributed by atoms with E-state index < -0.39 is 11.7 Å². The highest BCUT2D eigenvalue weighted by molar-refractivity contribution is 6.06. The fourth-order valence-corrected chi connectivity index (χ4v) is 3.93. The Morgan fingerprint density at radius 2 is 2.12 bits per heavy atom. The average Bonchev–Trinajstić information content (AvgIpc) is 3.39. The first-order valence-electron chi connectivity index (χ1n) is 11.1. The van der Waals surface area contributed by atoms with E-state index in [1.165, 1.54) is 10.7 Å². The van der Waals surface area contributed by atoms with Gasteiger partial charge in [0.2, 0.25) is 0 Å². The lowest BCUT2D eigenvalue weighted by Gasteiger charge is -2.16. The van der Waals surface area contributed by atoms with Crippen LogP contribution in [0.4, 0.5) is 10.1 Å². The Balaban J connectivity index is 1.49. The summed E-state index contributed by atoms with van der Waals surface area (Å²) in [6.45, 7) is 4.00. The van der Waals surface area contributed by atoms with Gasteiger partial charge in [-0.1, -0.05) is 6.07 Å². The number of carbonyl (C=O) groups excluding carboxylic acids is 1. The normalized spacial score (nSPS) is 13.2. The van der Waals surface area contributed by atoms with Crippen LogP contribution in [0.5, 0.6) is 5.75 Å². The maximum Gasteiger partial charge on any atom is 0.258 e. The van der Waals surface area contributed by atoms with Crippen molar-refractivity contribution in [1.29, 1.82) is 0 Å². The number of para-hydroxylation sites is 1. The third kappa shape index (κ3) is 4.02. The number of tetrazole rings is 1. The van der Waals surface area contributed by atoms with Crippen LogP contribution in [0.2, 0.25) is 0 Å². The number of ether oxygens (including phenoxy) is 1. The van der Waals surface area contributed by atoms with Crippen molar-refractivity contribution in [2.45, 2.75) is 32.6 Å². The van der Waals surface area contributed by atoms with Crippen molar-refractivity contribution in [2.24, 2.45) is 7.05 Å². The SMILES string of the molecule is CCOc1c(NC(=O)c2cc(-n3cnc(C4CC4)c3)c(C)cc2F)cccc1-c1nnnn1C. The predicted molar refractivity (Wildman–Crippen MR) is 124 cm³/mol. The van der Waals surface area contributed by atoms with Crippen LogP contribution in [-0.4, -0.2) is 42.3 Å². The summed E-state index contributed by atoms with van der Waals surface area (Å²) < 4.78 is 24.1. The molecule has 1 fully saturated rings. The third-order valence-electron chi connectivity index (χ3n) is 5.82. The maximum atomic E-state index is 14.9. The molecule has 0 spiro atoms. The lowest BCUT2D eigenvalue weighted by molar-refractivity contribution is 0.102. The predicted octanol–water partition coefficient (Wildman–Crippen LogP) is 4.04. The fraction of sp³-hybridized carbons (Fsp3) is 0.292. The van der Waals surface area contributed by atoms with Crippen LogP contribution in [0.1, 0.15) is 47.3 Å². The van der Waals surface area contributed by atoms with Gasteiger partial charge in [0, 0.05) is 19.2 Å². The number of anilines is 1. The van der Waals surface area contributed by atoms with E-state index in [0.717, 1.165) is 18.5 Å². The van der Waals surface area contributed by atoms with Gasteiger partial charge in [-0.05, 0) is 66.9 Å². The minimum atomic E-state index is -0.604. The van der Waals surface area contributed by atoms with E-state index in [-0.39, 0.29) is 5.56 Å². The molecule has 4 aromatic rings. The van der Waals surface area contributed by atoms with Gasteiger partial charge in [0.05, 0.1) is 41.1 Å². The summed E-state index contributed by atoms with van der Waals surface area (Å²) in [5.41, 5.74) is 3.37. The molecule has 2 aromatic heterocycles. The highest BCUT2D eigenvalue weighted by Gasteiger charge is 2.26. The van der Waals surface area contributed by atoms with Crippen LogP contribution in [0.3, 0.4) is 0 Å². The number of imidazole rings is 1. The molecule has 0 aliphatic heterocycles. The summed E-state index contributed by atoms with van der Waals surface area (Å²) in [5.74, 6) is 0.198. The Hall–Kier alpha value is -4.08. The maximum absolute atomic E-state index is 14.9. The fourth-order valence-electron chi connectivity index (χ4n) is 3.93. The van der Waals surface area contributed by atoms with Crippen LogP contribution in [-0.2, 0) is 7.05 Å². The van der Waals surface area contributed by atoms with Gasteiger partial charge in [0.1, 0.15) is 5.82 Å². The molecule has 9 nitrogen and oxygen atoms in total. The number of hydrogen-bond donors (Lipinski definition) is 1. The van der Waals surface area contributed by atoms with Crippen molar-refractivity contribution < 1.29 is 13.9 Å². The molecule has 1 amide bonds. The summed E-state index contributed by atoms with van der Waals surface area (Å²) in [6.07, 6.45) is 5.93. The highest BCUT2D eigenvalue weighted by Crippen LogP contribution is 2.39. The zero-order valence-corrected chi connectivity index (χ0v) is 19.1. The summed E-state index contributed by atoms with van der Waals surface area (Å²) in [4.78, 5) is 17.7. The van der Waals surface area contributed by atoms with Crippen molar-refractivity contribution >= 4 is 11.6 Å². The number of halogens is 1. The molecule has 34 heavy (non-hydrogen) atoms. The Morgan fingerprint density at radius 3 is 2.82 bits per heavy atom. The number of amides is 1. The summed E-state index contributed by atoms with van der Waals surface area (Å²) in [7, 11) is 1.71. The van der Waals surface area contributed by atoms with Gasteiger partial charge in [-0.15, -0.1) is 5.10 Å². The van der Waals surface area contributed by atoms with E-state index in [0.29, 0.717) is 46.6 Å². The van der Waals surface area contributed by atoms with Gasteiger partial charge in [-0.2, -0.15) is 0 Å². The second kappa shape index (κ2) is 8.69. The van der Waals surface area contributed by atoms with Crippen LogP contribution < -0.4 is 10.1 Å². The van der Waals surface area contributed by atoms with Crippen molar-refractivity contribution in [3.05, 3.63) is 65.5 Å². The lowest BCUT2D eigenvalue weighted by atomic mass is 10.1. The molecule has 0 atom stereocenters. The molecule has 1 aliphatic carbocycles. The largest absolute Gasteiger partial charge is 0.491 e. The van der Waals surface area contributed by atoms with Gasteiger partial charge in [0.15, 0.2) is 11.6 Å². The molecule has 0 bridgehead atoms. The van der Waals surface area contributed by atoms with E-state index in [4.69, 9.17) is 4.74 Å². The molecular formula is C24H24FN7O2. The first-order valence-corrected chi connectivity index (χ1v) is 11.1. The number of aromatic nitrogens is 6. The van der Waals surface area contributed by atoms with Crippen molar-refractivity contribution in [2.75, 3.05) is 11.9 Å². The molecule has 0 saturated heterocycles. The number of benzene rings is 2. The zero-order valence-electron chi connectivity index (χ0n) is 19.1. The Bertz CT molecular complexity index is 1370. The quantitative estimate of drug-likeness (QED) is 0.446. The monoisotopic (exact) mass is 461 g/mol.